The van der Waals surface area contributed by atoms with Gasteiger partial charge < -0.3 is 10.2 Å². The van der Waals surface area contributed by atoms with Crippen LogP contribution in [-0.2, 0) is 6.54 Å². The van der Waals surface area contributed by atoms with Gasteiger partial charge in [-0.25, -0.2) is 0 Å². The van der Waals surface area contributed by atoms with Crippen LogP contribution in [0.15, 0.2) is 22.7 Å². The molecule has 0 bridgehead atoms. The van der Waals surface area contributed by atoms with E-state index < -0.39 is 0 Å². The molecule has 1 aliphatic rings. The van der Waals surface area contributed by atoms with Crippen LogP contribution in [0.5, 0.6) is 0 Å². The van der Waals surface area contributed by atoms with Crippen molar-refractivity contribution in [2.75, 3.05) is 20.6 Å². The maximum atomic E-state index is 6.02. The van der Waals surface area contributed by atoms with Crippen molar-refractivity contribution in [2.45, 2.75) is 31.3 Å². The molecule has 0 aliphatic heterocycles. The summed E-state index contributed by atoms with van der Waals surface area (Å²) in [7, 11) is 4.35. The first-order chi connectivity index (χ1) is 8.53. The molecule has 1 fully saturated rings. The minimum absolute atomic E-state index is 0.366. The minimum atomic E-state index is 0.366. The number of benzene rings is 1. The fourth-order valence-corrected chi connectivity index (χ4v) is 3.06. The fourth-order valence-electron chi connectivity index (χ4n) is 2.48. The van der Waals surface area contributed by atoms with Crippen molar-refractivity contribution in [1.29, 1.82) is 0 Å². The van der Waals surface area contributed by atoms with Crippen LogP contribution in [-0.4, -0.2) is 31.1 Å². The molecule has 100 valence electrons. The topological polar surface area (TPSA) is 15.3 Å². The lowest BCUT2D eigenvalue weighted by Crippen LogP contribution is -2.56. The highest BCUT2D eigenvalue weighted by Gasteiger charge is 2.38. The van der Waals surface area contributed by atoms with Crippen LogP contribution < -0.4 is 5.32 Å². The molecule has 0 atom stereocenters. The highest BCUT2D eigenvalue weighted by molar-refractivity contribution is 9.10. The van der Waals surface area contributed by atoms with Gasteiger partial charge in [0, 0.05) is 28.1 Å². The van der Waals surface area contributed by atoms with Gasteiger partial charge in [0.1, 0.15) is 0 Å². The molecule has 2 nitrogen and oxygen atoms in total. The number of hydrogen-bond donors (Lipinski definition) is 1. The third-order valence-corrected chi connectivity index (χ3v) is 5.02. The molecule has 0 saturated heterocycles. The summed E-state index contributed by atoms with van der Waals surface area (Å²) in [5.74, 6) is 0. The first-order valence-electron chi connectivity index (χ1n) is 6.36. The molecular formula is C14H20BrClN2. The smallest absolute Gasteiger partial charge is 0.0410 e. The van der Waals surface area contributed by atoms with E-state index in [2.05, 4.69) is 40.2 Å². The Balaban J connectivity index is 1.90. The molecular weight excluding hydrogens is 312 g/mol. The summed E-state index contributed by atoms with van der Waals surface area (Å²) >= 11 is 9.58. The van der Waals surface area contributed by atoms with E-state index in [0.29, 0.717) is 5.54 Å². The molecule has 1 aromatic carbocycles. The molecule has 1 aromatic rings. The SMILES string of the molecule is CN(C)C1(CNCc2cc(Cl)ccc2Br)CCC1. The second-order valence-electron chi connectivity index (χ2n) is 5.31. The van der Waals surface area contributed by atoms with E-state index in [1.165, 1.54) is 24.8 Å². The summed E-state index contributed by atoms with van der Waals surface area (Å²) in [5, 5.41) is 4.36. The van der Waals surface area contributed by atoms with Gasteiger partial charge in [0.2, 0.25) is 0 Å². The van der Waals surface area contributed by atoms with Gasteiger partial charge in [-0.1, -0.05) is 27.5 Å². The molecule has 0 spiro atoms. The van der Waals surface area contributed by atoms with E-state index in [1.54, 1.807) is 0 Å². The van der Waals surface area contributed by atoms with Gasteiger partial charge >= 0.3 is 0 Å². The summed E-state index contributed by atoms with van der Waals surface area (Å²) in [6.45, 7) is 1.90. The number of halogens is 2. The Labute approximate surface area is 123 Å². The fraction of sp³-hybridized carbons (Fsp3) is 0.571. The summed E-state index contributed by atoms with van der Waals surface area (Å²) in [5.41, 5.74) is 1.58. The van der Waals surface area contributed by atoms with Gasteiger partial charge in [-0.15, -0.1) is 0 Å². The average molecular weight is 332 g/mol. The van der Waals surface area contributed by atoms with Gasteiger partial charge in [-0.3, -0.25) is 0 Å². The average Bonchev–Trinajstić information content (AvgIpc) is 2.26. The van der Waals surface area contributed by atoms with Crippen LogP contribution in [0.1, 0.15) is 24.8 Å². The molecule has 0 aromatic heterocycles. The molecule has 0 amide bonds. The standard InChI is InChI=1S/C14H20BrClN2/c1-18(2)14(6-3-7-14)10-17-9-11-8-12(16)4-5-13(11)15/h4-5,8,17H,3,6-7,9-10H2,1-2H3. The summed E-state index contributed by atoms with van der Waals surface area (Å²) in [6.07, 6.45) is 3.94. The zero-order chi connectivity index (χ0) is 13.2. The van der Waals surface area contributed by atoms with Crippen molar-refractivity contribution < 1.29 is 0 Å². The van der Waals surface area contributed by atoms with Gasteiger partial charge in [-0.2, -0.15) is 0 Å². The molecule has 1 saturated carbocycles. The van der Waals surface area contributed by atoms with Crippen molar-refractivity contribution in [3.63, 3.8) is 0 Å². The molecule has 1 aliphatic carbocycles. The zero-order valence-electron chi connectivity index (χ0n) is 11.0. The van der Waals surface area contributed by atoms with Crippen LogP contribution in [0.3, 0.4) is 0 Å². The third-order valence-electron chi connectivity index (χ3n) is 4.01. The van der Waals surface area contributed by atoms with Crippen LogP contribution in [0, 0.1) is 0 Å². The molecule has 4 heteroatoms. The van der Waals surface area contributed by atoms with Crippen molar-refractivity contribution in [1.82, 2.24) is 10.2 Å². The molecule has 1 N–H and O–H groups in total. The largest absolute Gasteiger partial charge is 0.311 e. The van der Waals surface area contributed by atoms with Gasteiger partial charge in [0.25, 0.3) is 0 Å². The van der Waals surface area contributed by atoms with Gasteiger partial charge in [0.05, 0.1) is 0 Å². The number of nitrogens with zero attached hydrogens (tertiary/aromatic N) is 1. The lowest BCUT2D eigenvalue weighted by atomic mass is 9.75. The number of nitrogens with one attached hydrogen (secondary N) is 1. The lowest BCUT2D eigenvalue weighted by molar-refractivity contribution is 0.0598. The first-order valence-corrected chi connectivity index (χ1v) is 7.53. The van der Waals surface area contributed by atoms with Crippen molar-refractivity contribution in [2.24, 2.45) is 0 Å². The number of rotatable bonds is 5. The number of likely N-dealkylation sites (N-methyl/N-ethyl adjacent to an activating group) is 1. The van der Waals surface area contributed by atoms with Crippen molar-refractivity contribution in [3.8, 4) is 0 Å². The third kappa shape index (κ3) is 3.08. The van der Waals surface area contributed by atoms with Crippen LogP contribution >= 0.6 is 27.5 Å². The number of hydrogen-bond acceptors (Lipinski definition) is 2. The van der Waals surface area contributed by atoms with Crippen LogP contribution in [0.2, 0.25) is 5.02 Å². The first kappa shape index (κ1) is 14.3. The molecule has 0 radical (unpaired) electrons. The molecule has 18 heavy (non-hydrogen) atoms. The monoisotopic (exact) mass is 330 g/mol. The van der Waals surface area contributed by atoms with Crippen molar-refractivity contribution >= 4 is 27.5 Å². The second kappa shape index (κ2) is 5.91. The highest BCUT2D eigenvalue weighted by Crippen LogP contribution is 2.35. The van der Waals surface area contributed by atoms with E-state index in [0.717, 1.165) is 22.6 Å². The Bertz CT molecular complexity index is 416. The Kier molecular flexibility index (Phi) is 4.70. The van der Waals surface area contributed by atoms with E-state index in [-0.39, 0.29) is 0 Å². The zero-order valence-corrected chi connectivity index (χ0v) is 13.3. The highest BCUT2D eigenvalue weighted by atomic mass is 79.9. The minimum Gasteiger partial charge on any atom is -0.311 e. The lowest BCUT2D eigenvalue weighted by Gasteiger charge is -2.47. The van der Waals surface area contributed by atoms with Crippen LogP contribution in [0.4, 0.5) is 0 Å². The van der Waals surface area contributed by atoms with Gasteiger partial charge in [-0.05, 0) is 57.1 Å². The molecule has 0 unspecified atom stereocenters. The quantitative estimate of drug-likeness (QED) is 0.885. The predicted molar refractivity (Wildman–Crippen MR) is 81.1 cm³/mol. The Hall–Kier alpha value is -0.0900. The van der Waals surface area contributed by atoms with Gasteiger partial charge in [0.15, 0.2) is 0 Å². The maximum absolute atomic E-state index is 6.02. The Morgan fingerprint density at radius 2 is 2.11 bits per heavy atom. The van der Waals surface area contributed by atoms with Crippen molar-refractivity contribution in [3.05, 3.63) is 33.3 Å². The summed E-state index contributed by atoms with van der Waals surface area (Å²) in [4.78, 5) is 2.36. The second-order valence-corrected chi connectivity index (χ2v) is 6.60. The Morgan fingerprint density at radius 1 is 1.39 bits per heavy atom. The summed E-state index contributed by atoms with van der Waals surface area (Å²) < 4.78 is 1.12. The molecule has 0 heterocycles. The summed E-state index contributed by atoms with van der Waals surface area (Å²) in [6, 6.07) is 5.93. The van der Waals surface area contributed by atoms with E-state index in [4.69, 9.17) is 11.6 Å². The normalized spacial score (nSPS) is 17.8. The van der Waals surface area contributed by atoms with E-state index in [1.807, 2.05) is 18.2 Å². The Morgan fingerprint density at radius 3 is 2.67 bits per heavy atom. The maximum Gasteiger partial charge on any atom is 0.0410 e. The van der Waals surface area contributed by atoms with E-state index >= 15 is 0 Å². The predicted octanol–water partition coefficient (Wildman–Crippen LogP) is 3.68. The van der Waals surface area contributed by atoms with E-state index in [9.17, 15) is 0 Å². The molecule has 2 rings (SSSR count). The van der Waals surface area contributed by atoms with Crippen LogP contribution in [0.25, 0.3) is 0 Å².